The molecule has 1 aromatic rings. The fraction of sp³-hybridized carbons (Fsp3) is 0.438. The first-order chi connectivity index (χ1) is 8.87. The van der Waals surface area contributed by atoms with Gasteiger partial charge in [0.2, 0.25) is 0 Å². The van der Waals surface area contributed by atoms with E-state index in [9.17, 15) is 4.79 Å². The highest BCUT2D eigenvalue weighted by Gasteiger charge is 2.45. The van der Waals surface area contributed by atoms with E-state index in [0.717, 1.165) is 18.5 Å². The fourth-order valence-electron chi connectivity index (χ4n) is 2.29. The molecule has 0 aliphatic carbocycles. The molecule has 0 spiro atoms. The maximum absolute atomic E-state index is 11.7. The standard InChI is InChI=1S/C16H24NO2.ClH/c1-6-13-17(4,5)16(3,19-15(18)7-2)14-11-9-8-10-12-14;/h7-12H,2,6,13H2,1,3-5H3;1H/q+1;/p-1. The van der Waals surface area contributed by atoms with E-state index in [2.05, 4.69) is 27.6 Å². The summed E-state index contributed by atoms with van der Waals surface area (Å²) >= 11 is 0. The van der Waals surface area contributed by atoms with Gasteiger partial charge in [0, 0.05) is 13.0 Å². The molecule has 0 fully saturated rings. The zero-order chi connectivity index (χ0) is 14.5. The third-order valence-electron chi connectivity index (χ3n) is 3.71. The van der Waals surface area contributed by atoms with Crippen LogP contribution in [0.15, 0.2) is 43.0 Å². The van der Waals surface area contributed by atoms with Gasteiger partial charge in [-0.3, -0.25) is 4.48 Å². The van der Waals surface area contributed by atoms with Crippen LogP contribution in [0.2, 0.25) is 0 Å². The summed E-state index contributed by atoms with van der Waals surface area (Å²) in [5.74, 6) is -0.395. The van der Waals surface area contributed by atoms with Crippen molar-refractivity contribution >= 4 is 5.97 Å². The van der Waals surface area contributed by atoms with E-state index in [0.29, 0.717) is 4.48 Å². The predicted octanol–water partition coefficient (Wildman–Crippen LogP) is 0.0789. The molecule has 4 heteroatoms. The number of ether oxygens (including phenoxy) is 1. The summed E-state index contributed by atoms with van der Waals surface area (Å²) in [4.78, 5) is 11.7. The van der Waals surface area contributed by atoms with Crippen LogP contribution < -0.4 is 12.4 Å². The van der Waals surface area contributed by atoms with Crippen LogP contribution in [0.3, 0.4) is 0 Å². The topological polar surface area (TPSA) is 26.3 Å². The van der Waals surface area contributed by atoms with Gasteiger partial charge in [-0.2, -0.15) is 0 Å². The summed E-state index contributed by atoms with van der Waals surface area (Å²) in [6.07, 6.45) is 2.23. The molecule has 0 amide bonds. The highest BCUT2D eigenvalue weighted by atomic mass is 35.5. The molecule has 0 aliphatic rings. The average Bonchev–Trinajstić information content (AvgIpc) is 2.39. The minimum absolute atomic E-state index is 0. The monoisotopic (exact) mass is 297 g/mol. The lowest BCUT2D eigenvalue weighted by molar-refractivity contribution is -0.971. The summed E-state index contributed by atoms with van der Waals surface area (Å²) in [5, 5.41) is 0. The van der Waals surface area contributed by atoms with Gasteiger partial charge in [0.05, 0.1) is 26.2 Å². The number of carbonyl (C=O) groups excluding carboxylic acids is 1. The Morgan fingerprint density at radius 2 is 1.90 bits per heavy atom. The lowest BCUT2D eigenvalue weighted by Gasteiger charge is -2.45. The molecule has 20 heavy (non-hydrogen) atoms. The Labute approximate surface area is 128 Å². The smallest absolute Gasteiger partial charge is 0.335 e. The summed E-state index contributed by atoms with van der Waals surface area (Å²) in [5.41, 5.74) is 0.270. The van der Waals surface area contributed by atoms with E-state index >= 15 is 0 Å². The SMILES string of the molecule is C=CC(=O)OC(C)(c1ccccc1)[N+](C)(C)CCC.[Cl-]. The molecule has 1 aromatic carbocycles. The molecule has 0 radical (unpaired) electrons. The second kappa shape index (κ2) is 7.46. The van der Waals surface area contributed by atoms with Crippen molar-refractivity contribution in [2.45, 2.75) is 26.0 Å². The summed E-state index contributed by atoms with van der Waals surface area (Å²) in [7, 11) is 4.15. The molecule has 0 aromatic heterocycles. The quantitative estimate of drug-likeness (QED) is 0.322. The van der Waals surface area contributed by atoms with Gasteiger partial charge in [0.1, 0.15) is 0 Å². The zero-order valence-corrected chi connectivity index (χ0v) is 13.5. The number of nitrogens with zero attached hydrogens (tertiary/aromatic N) is 1. The van der Waals surface area contributed by atoms with Crippen molar-refractivity contribution in [1.82, 2.24) is 0 Å². The van der Waals surface area contributed by atoms with Crippen molar-refractivity contribution in [3.05, 3.63) is 48.6 Å². The first-order valence-electron chi connectivity index (χ1n) is 6.61. The number of esters is 1. The first-order valence-corrected chi connectivity index (χ1v) is 6.61. The number of benzene rings is 1. The highest BCUT2D eigenvalue weighted by Crippen LogP contribution is 2.34. The van der Waals surface area contributed by atoms with Crippen LogP contribution in [0, 0.1) is 0 Å². The van der Waals surface area contributed by atoms with Crippen molar-refractivity contribution in [2.75, 3.05) is 20.6 Å². The van der Waals surface area contributed by atoms with E-state index < -0.39 is 11.7 Å². The van der Waals surface area contributed by atoms with Crippen LogP contribution in [-0.4, -0.2) is 31.1 Å². The molecule has 1 rings (SSSR count). The third kappa shape index (κ3) is 3.84. The van der Waals surface area contributed by atoms with Crippen molar-refractivity contribution in [2.24, 2.45) is 0 Å². The normalized spacial score (nSPS) is 13.8. The number of carbonyl (C=O) groups is 1. The number of quaternary nitrogens is 1. The second-order valence-electron chi connectivity index (χ2n) is 5.38. The van der Waals surface area contributed by atoms with Gasteiger partial charge in [-0.25, -0.2) is 4.79 Å². The minimum atomic E-state index is -0.720. The summed E-state index contributed by atoms with van der Waals surface area (Å²) < 4.78 is 6.28. The van der Waals surface area contributed by atoms with Crippen LogP contribution >= 0.6 is 0 Å². The predicted molar refractivity (Wildman–Crippen MR) is 77.3 cm³/mol. The van der Waals surface area contributed by atoms with Crippen molar-refractivity contribution in [3.8, 4) is 0 Å². The van der Waals surface area contributed by atoms with E-state index in [1.54, 1.807) is 0 Å². The molecule has 1 atom stereocenters. The molecule has 0 N–H and O–H groups in total. The molecule has 0 saturated carbocycles. The lowest BCUT2D eigenvalue weighted by Crippen LogP contribution is -3.00. The van der Waals surface area contributed by atoms with E-state index in [4.69, 9.17) is 4.74 Å². The van der Waals surface area contributed by atoms with Crippen LogP contribution in [0.5, 0.6) is 0 Å². The third-order valence-corrected chi connectivity index (χ3v) is 3.71. The first kappa shape index (κ1) is 18.7. The number of hydrogen-bond donors (Lipinski definition) is 0. The maximum atomic E-state index is 11.7. The molecular weight excluding hydrogens is 274 g/mol. The van der Waals surface area contributed by atoms with Crippen molar-refractivity contribution in [1.29, 1.82) is 0 Å². The van der Waals surface area contributed by atoms with E-state index in [1.807, 2.05) is 37.3 Å². The maximum Gasteiger partial charge on any atom is 0.335 e. The molecule has 112 valence electrons. The van der Waals surface area contributed by atoms with Gasteiger partial charge in [0.15, 0.2) is 0 Å². The van der Waals surface area contributed by atoms with Gasteiger partial charge in [-0.1, -0.05) is 31.7 Å². The van der Waals surface area contributed by atoms with Crippen LogP contribution in [0.25, 0.3) is 0 Å². The van der Waals surface area contributed by atoms with Gasteiger partial charge in [0.25, 0.3) is 5.72 Å². The molecular formula is C16H24ClNO2. The molecule has 3 nitrogen and oxygen atoms in total. The lowest BCUT2D eigenvalue weighted by atomic mass is 10.0. The number of hydrogen-bond acceptors (Lipinski definition) is 2. The Hall–Kier alpha value is -1.32. The van der Waals surface area contributed by atoms with Crippen LogP contribution in [-0.2, 0) is 15.3 Å². The van der Waals surface area contributed by atoms with E-state index in [1.165, 1.54) is 6.08 Å². The molecule has 1 unspecified atom stereocenters. The van der Waals surface area contributed by atoms with E-state index in [-0.39, 0.29) is 12.4 Å². The Morgan fingerprint density at radius 1 is 1.35 bits per heavy atom. The Balaban J connectivity index is 0.00000361. The fourth-order valence-corrected chi connectivity index (χ4v) is 2.29. The summed E-state index contributed by atoms with van der Waals surface area (Å²) in [6, 6.07) is 9.86. The molecule has 0 heterocycles. The highest BCUT2D eigenvalue weighted by molar-refractivity contribution is 5.81. The molecule has 0 saturated heterocycles. The van der Waals surface area contributed by atoms with Gasteiger partial charge in [-0.15, -0.1) is 0 Å². The Morgan fingerprint density at radius 3 is 2.35 bits per heavy atom. The average molecular weight is 298 g/mol. The largest absolute Gasteiger partial charge is 1.00 e. The second-order valence-corrected chi connectivity index (χ2v) is 5.38. The van der Waals surface area contributed by atoms with Crippen LogP contribution in [0.1, 0.15) is 25.8 Å². The minimum Gasteiger partial charge on any atom is -1.00 e. The Kier molecular flexibility index (Phi) is 6.97. The summed E-state index contributed by atoms with van der Waals surface area (Å²) in [6.45, 7) is 8.48. The van der Waals surface area contributed by atoms with Crippen molar-refractivity contribution in [3.63, 3.8) is 0 Å². The van der Waals surface area contributed by atoms with Crippen molar-refractivity contribution < 1.29 is 26.4 Å². The number of halogens is 1. The Bertz CT molecular complexity index is 445. The van der Waals surface area contributed by atoms with Gasteiger partial charge >= 0.3 is 5.97 Å². The molecule has 0 bridgehead atoms. The number of rotatable bonds is 6. The van der Waals surface area contributed by atoms with Gasteiger partial charge in [-0.05, 0) is 18.6 Å². The zero-order valence-electron chi connectivity index (χ0n) is 12.7. The van der Waals surface area contributed by atoms with Crippen LogP contribution in [0.4, 0.5) is 0 Å². The van der Waals surface area contributed by atoms with Gasteiger partial charge < -0.3 is 17.1 Å². The molecule has 0 aliphatic heterocycles.